The first kappa shape index (κ1) is 9.55. The lowest BCUT2D eigenvalue weighted by molar-refractivity contribution is -0.117. The summed E-state index contributed by atoms with van der Waals surface area (Å²) in [6.45, 7) is 12.5. The highest BCUT2D eigenvalue weighted by Crippen LogP contribution is 2.61. The zero-order valence-corrected chi connectivity index (χ0v) is 9.80. The fourth-order valence-corrected chi connectivity index (χ4v) is 4.30. The monoisotopic (exact) mass is 180 g/mol. The Morgan fingerprint density at radius 1 is 0.923 bits per heavy atom. The van der Waals surface area contributed by atoms with Crippen molar-refractivity contribution in [2.45, 2.75) is 47.5 Å². The van der Waals surface area contributed by atoms with E-state index >= 15 is 0 Å². The number of hydrogen-bond donors (Lipinski definition) is 0. The van der Waals surface area contributed by atoms with Crippen LogP contribution in [0.3, 0.4) is 0 Å². The molecule has 4 unspecified atom stereocenters. The third kappa shape index (κ3) is 1.04. The van der Waals surface area contributed by atoms with Crippen LogP contribution in [0.5, 0.6) is 0 Å². The summed E-state index contributed by atoms with van der Waals surface area (Å²) in [5.41, 5.74) is 0.633. The lowest BCUT2D eigenvalue weighted by atomic mass is 9.45. The quantitative estimate of drug-likeness (QED) is 0.529. The molecule has 0 radical (unpaired) electrons. The largest absolute Gasteiger partial charge is 0.0620 e. The van der Waals surface area contributed by atoms with E-state index < -0.39 is 0 Å². The Labute approximate surface area is 83.1 Å². The fourth-order valence-electron chi connectivity index (χ4n) is 4.30. The van der Waals surface area contributed by atoms with Gasteiger partial charge in [-0.1, -0.05) is 34.6 Å². The fraction of sp³-hybridized carbons (Fsp3) is 1.00. The van der Waals surface area contributed by atoms with Gasteiger partial charge in [0.15, 0.2) is 0 Å². The minimum Gasteiger partial charge on any atom is -0.0620 e. The number of rotatable bonds is 0. The molecule has 3 rings (SSSR count). The topological polar surface area (TPSA) is 0 Å². The van der Waals surface area contributed by atoms with Gasteiger partial charge < -0.3 is 0 Å². The molecule has 3 aliphatic carbocycles. The van der Waals surface area contributed by atoms with Gasteiger partial charge in [-0.15, -0.1) is 0 Å². The van der Waals surface area contributed by atoms with E-state index in [4.69, 9.17) is 0 Å². The molecule has 0 aliphatic heterocycles. The van der Waals surface area contributed by atoms with Crippen molar-refractivity contribution in [3.63, 3.8) is 0 Å². The number of hydrogen-bond acceptors (Lipinski definition) is 0. The predicted molar refractivity (Wildman–Crippen MR) is 57.5 cm³/mol. The maximum Gasteiger partial charge on any atom is -0.0246 e. The van der Waals surface area contributed by atoms with Crippen LogP contribution >= 0.6 is 0 Å². The molecule has 0 amide bonds. The van der Waals surface area contributed by atoms with E-state index in [1.807, 2.05) is 0 Å². The van der Waals surface area contributed by atoms with Gasteiger partial charge in [-0.2, -0.15) is 0 Å². The first-order valence-corrected chi connectivity index (χ1v) is 5.98. The smallest absolute Gasteiger partial charge is 0.0246 e. The molecule has 13 heavy (non-hydrogen) atoms. The summed E-state index contributed by atoms with van der Waals surface area (Å²) in [7, 11) is 0. The SMILES string of the molecule is CC1C2CC(C)C(C)(C(C)C2)C1C. The van der Waals surface area contributed by atoms with Crippen LogP contribution in [-0.2, 0) is 0 Å². The van der Waals surface area contributed by atoms with Crippen molar-refractivity contribution in [1.29, 1.82) is 0 Å². The van der Waals surface area contributed by atoms with E-state index in [1.165, 1.54) is 12.8 Å². The van der Waals surface area contributed by atoms with Crippen LogP contribution in [0.1, 0.15) is 47.5 Å². The summed E-state index contributed by atoms with van der Waals surface area (Å²) in [6.07, 6.45) is 2.98. The summed E-state index contributed by atoms with van der Waals surface area (Å²) >= 11 is 0. The van der Waals surface area contributed by atoms with Gasteiger partial charge >= 0.3 is 0 Å². The lowest BCUT2D eigenvalue weighted by Crippen LogP contribution is -2.53. The molecule has 0 spiro atoms. The molecule has 0 aromatic carbocycles. The molecule has 3 fully saturated rings. The van der Waals surface area contributed by atoms with E-state index in [0.29, 0.717) is 5.41 Å². The van der Waals surface area contributed by atoms with Crippen LogP contribution in [0.25, 0.3) is 0 Å². The average Bonchev–Trinajstić information content (AvgIpc) is 2.08. The normalized spacial score (nSPS) is 61.2. The van der Waals surface area contributed by atoms with Crippen LogP contribution in [0.4, 0.5) is 0 Å². The molecular weight excluding hydrogens is 156 g/mol. The second kappa shape index (κ2) is 2.74. The Bertz CT molecular complexity index is 194. The van der Waals surface area contributed by atoms with Gasteiger partial charge in [0, 0.05) is 0 Å². The molecule has 4 atom stereocenters. The second-order valence-electron chi connectivity index (χ2n) is 6.05. The van der Waals surface area contributed by atoms with Gasteiger partial charge in [0.25, 0.3) is 0 Å². The second-order valence-corrected chi connectivity index (χ2v) is 6.05. The van der Waals surface area contributed by atoms with Crippen molar-refractivity contribution in [1.82, 2.24) is 0 Å². The average molecular weight is 180 g/mol. The lowest BCUT2D eigenvalue weighted by Gasteiger charge is -2.60. The summed E-state index contributed by atoms with van der Waals surface area (Å²) in [5.74, 6) is 4.84. The minimum atomic E-state index is 0.633. The third-order valence-electron chi connectivity index (χ3n) is 5.95. The van der Waals surface area contributed by atoms with E-state index in [9.17, 15) is 0 Å². The summed E-state index contributed by atoms with van der Waals surface area (Å²) in [6, 6.07) is 0. The van der Waals surface area contributed by atoms with Crippen molar-refractivity contribution in [2.24, 2.45) is 35.0 Å². The summed E-state index contributed by atoms with van der Waals surface area (Å²) in [5, 5.41) is 0. The summed E-state index contributed by atoms with van der Waals surface area (Å²) < 4.78 is 0. The van der Waals surface area contributed by atoms with Crippen LogP contribution in [-0.4, -0.2) is 0 Å². The highest BCUT2D eigenvalue weighted by atomic mass is 14.6. The molecule has 76 valence electrons. The van der Waals surface area contributed by atoms with Gasteiger partial charge in [-0.05, 0) is 47.8 Å². The van der Waals surface area contributed by atoms with Crippen molar-refractivity contribution in [3.8, 4) is 0 Å². The molecule has 0 heteroatoms. The molecular formula is C13H24. The zero-order valence-electron chi connectivity index (χ0n) is 9.80. The van der Waals surface area contributed by atoms with Crippen molar-refractivity contribution in [2.75, 3.05) is 0 Å². The Kier molecular flexibility index (Phi) is 2.02. The maximum atomic E-state index is 2.54. The maximum absolute atomic E-state index is 2.54. The van der Waals surface area contributed by atoms with Gasteiger partial charge in [-0.3, -0.25) is 0 Å². The Hall–Kier alpha value is 0. The molecule has 0 N–H and O–H groups in total. The van der Waals surface area contributed by atoms with Gasteiger partial charge in [0.1, 0.15) is 0 Å². The Balaban J connectivity index is 2.35. The molecule has 0 aromatic heterocycles. The van der Waals surface area contributed by atoms with Crippen molar-refractivity contribution >= 4 is 0 Å². The Morgan fingerprint density at radius 2 is 1.38 bits per heavy atom. The first-order valence-electron chi connectivity index (χ1n) is 5.98. The molecule has 0 heterocycles. The molecule has 3 saturated carbocycles. The highest BCUT2D eigenvalue weighted by molar-refractivity contribution is 5.02. The molecule has 3 aliphatic rings. The molecule has 2 bridgehead atoms. The Morgan fingerprint density at radius 3 is 1.77 bits per heavy atom. The van der Waals surface area contributed by atoms with Crippen LogP contribution in [0.15, 0.2) is 0 Å². The molecule has 0 aromatic rings. The van der Waals surface area contributed by atoms with Crippen molar-refractivity contribution < 1.29 is 0 Å². The summed E-state index contributed by atoms with van der Waals surface area (Å²) in [4.78, 5) is 0. The van der Waals surface area contributed by atoms with E-state index in [2.05, 4.69) is 34.6 Å². The predicted octanol–water partition coefficient (Wildman–Crippen LogP) is 3.96. The van der Waals surface area contributed by atoms with Crippen molar-refractivity contribution in [3.05, 3.63) is 0 Å². The van der Waals surface area contributed by atoms with Crippen LogP contribution in [0.2, 0.25) is 0 Å². The van der Waals surface area contributed by atoms with E-state index in [0.717, 1.165) is 29.6 Å². The first-order chi connectivity index (χ1) is 5.98. The standard InChI is InChI=1S/C13H24/c1-8-6-12-7-9(2)13(8,5)11(4)10(12)3/h8-12H,6-7H2,1-5H3. The number of fused-ring (bicyclic) bond motifs is 3. The van der Waals surface area contributed by atoms with Crippen LogP contribution < -0.4 is 0 Å². The van der Waals surface area contributed by atoms with Gasteiger partial charge in [0.2, 0.25) is 0 Å². The van der Waals surface area contributed by atoms with Crippen LogP contribution in [0, 0.1) is 35.0 Å². The van der Waals surface area contributed by atoms with E-state index in [1.54, 1.807) is 0 Å². The minimum absolute atomic E-state index is 0.633. The zero-order chi connectivity index (χ0) is 9.80. The third-order valence-corrected chi connectivity index (χ3v) is 5.95. The highest BCUT2D eigenvalue weighted by Gasteiger charge is 2.54. The molecule has 0 nitrogen and oxygen atoms in total. The molecule has 0 saturated heterocycles. The van der Waals surface area contributed by atoms with E-state index in [-0.39, 0.29) is 0 Å². The van der Waals surface area contributed by atoms with Gasteiger partial charge in [0.05, 0.1) is 0 Å². The van der Waals surface area contributed by atoms with Gasteiger partial charge in [-0.25, -0.2) is 0 Å².